The fourth-order valence-corrected chi connectivity index (χ4v) is 4.68. The van der Waals surface area contributed by atoms with Gasteiger partial charge >= 0.3 is 0 Å². The molecule has 34 heavy (non-hydrogen) atoms. The van der Waals surface area contributed by atoms with Crippen molar-refractivity contribution >= 4 is 31.9 Å². The molecule has 0 radical (unpaired) electrons. The average Bonchev–Trinajstić information content (AvgIpc) is 3.23. The Balaban J connectivity index is 1.65. The fourth-order valence-electron chi connectivity index (χ4n) is 4.15. The molecule has 0 fully saturated rings. The summed E-state index contributed by atoms with van der Waals surface area (Å²) in [5, 5.41) is 11.4. The Morgan fingerprint density at radius 3 is 2.35 bits per heavy atom. The molecule has 1 heterocycles. The first-order chi connectivity index (χ1) is 16.2. The van der Waals surface area contributed by atoms with Gasteiger partial charge in [-0.05, 0) is 65.8 Å². The Morgan fingerprint density at radius 2 is 1.65 bits per heavy atom. The number of imidazole rings is 1. The molecule has 8 heteroatoms. The summed E-state index contributed by atoms with van der Waals surface area (Å²) < 4.78 is 38.1. The fraction of sp³-hybridized carbons (Fsp3) is 0.115. The lowest BCUT2D eigenvalue weighted by Gasteiger charge is -2.10. The van der Waals surface area contributed by atoms with Crippen molar-refractivity contribution in [1.82, 2.24) is 9.97 Å². The number of aromatic amines is 1. The van der Waals surface area contributed by atoms with E-state index in [1.54, 1.807) is 19.2 Å². The van der Waals surface area contributed by atoms with Crippen molar-refractivity contribution in [2.75, 3.05) is 7.11 Å². The maximum atomic E-state index is 11.5. The predicted molar refractivity (Wildman–Crippen MR) is 132 cm³/mol. The van der Waals surface area contributed by atoms with E-state index in [4.69, 9.17) is 9.72 Å². The van der Waals surface area contributed by atoms with Gasteiger partial charge in [0, 0.05) is 6.07 Å². The number of aromatic hydroxyl groups is 1. The highest BCUT2D eigenvalue weighted by atomic mass is 32.2. The van der Waals surface area contributed by atoms with Gasteiger partial charge in [-0.2, -0.15) is 8.42 Å². The van der Waals surface area contributed by atoms with Crippen LogP contribution in [0.4, 0.5) is 0 Å². The number of nitrogens with one attached hydrogen (secondary N) is 1. The third-order valence-corrected chi connectivity index (χ3v) is 6.95. The number of phenols is 1. The minimum absolute atomic E-state index is 0.286. The molecular weight excluding hydrogens is 452 g/mol. The molecule has 0 aliphatic rings. The molecule has 5 rings (SSSR count). The van der Waals surface area contributed by atoms with E-state index in [0.717, 1.165) is 22.8 Å². The Morgan fingerprint density at radius 1 is 0.912 bits per heavy atom. The van der Waals surface area contributed by atoms with Gasteiger partial charge in [0.05, 0.1) is 28.5 Å². The minimum Gasteiger partial charge on any atom is -0.507 e. The molecule has 0 saturated carbocycles. The Bertz CT molecular complexity index is 1700. The summed E-state index contributed by atoms with van der Waals surface area (Å²) in [5.41, 5.74) is 6.43. The van der Waals surface area contributed by atoms with E-state index in [1.165, 1.54) is 17.2 Å². The Kier molecular flexibility index (Phi) is 5.07. The summed E-state index contributed by atoms with van der Waals surface area (Å²) in [4.78, 5) is 7.57. The number of rotatable bonds is 4. The quantitative estimate of drug-likeness (QED) is 0.291. The normalized spacial score (nSPS) is 11.9. The van der Waals surface area contributed by atoms with E-state index in [2.05, 4.69) is 37.0 Å². The van der Waals surface area contributed by atoms with Gasteiger partial charge in [0.1, 0.15) is 22.8 Å². The standard InChI is InChI=1S/C26H22N2O5S/c1-14-4-5-16(10-15(14)2)17-6-8-20(23(12-17)33-3)26-27-21-9-7-18-11-19(34(30,31)32)13-22(29)24(18)25(21)28-26/h4-13,29H,1-3H3,(H,27,28)(H,30,31,32). The van der Waals surface area contributed by atoms with E-state index in [-0.39, 0.29) is 10.6 Å². The summed E-state index contributed by atoms with van der Waals surface area (Å²) >= 11 is 0. The number of benzene rings is 4. The van der Waals surface area contributed by atoms with Crippen LogP contribution in [0, 0.1) is 13.8 Å². The van der Waals surface area contributed by atoms with E-state index in [1.807, 2.05) is 18.2 Å². The van der Waals surface area contributed by atoms with E-state index in [0.29, 0.717) is 33.4 Å². The van der Waals surface area contributed by atoms with Gasteiger partial charge in [0.2, 0.25) is 0 Å². The van der Waals surface area contributed by atoms with E-state index in [9.17, 15) is 18.1 Å². The van der Waals surface area contributed by atoms with Gasteiger partial charge < -0.3 is 14.8 Å². The van der Waals surface area contributed by atoms with Crippen molar-refractivity contribution in [3.8, 4) is 34.0 Å². The van der Waals surface area contributed by atoms with Crippen LogP contribution in [0.1, 0.15) is 11.1 Å². The molecule has 1 aromatic heterocycles. The van der Waals surface area contributed by atoms with Crippen molar-refractivity contribution in [3.05, 3.63) is 71.8 Å². The zero-order valence-corrected chi connectivity index (χ0v) is 19.6. The second-order valence-corrected chi connectivity index (χ2v) is 9.70. The summed E-state index contributed by atoms with van der Waals surface area (Å²) in [7, 11) is -2.85. The highest BCUT2D eigenvalue weighted by Crippen LogP contribution is 2.38. The minimum atomic E-state index is -4.45. The topological polar surface area (TPSA) is 113 Å². The van der Waals surface area contributed by atoms with E-state index < -0.39 is 10.1 Å². The lowest BCUT2D eigenvalue weighted by molar-refractivity contribution is 0.416. The molecule has 0 aliphatic carbocycles. The molecule has 0 amide bonds. The summed E-state index contributed by atoms with van der Waals surface area (Å²) in [6.07, 6.45) is 0. The lowest BCUT2D eigenvalue weighted by atomic mass is 9.99. The molecule has 3 N–H and O–H groups in total. The first-order valence-electron chi connectivity index (χ1n) is 10.5. The van der Waals surface area contributed by atoms with Crippen molar-refractivity contribution in [2.24, 2.45) is 0 Å². The molecule has 0 unspecified atom stereocenters. The third kappa shape index (κ3) is 3.67. The molecule has 172 valence electrons. The van der Waals surface area contributed by atoms with Crippen molar-refractivity contribution < 1.29 is 22.8 Å². The van der Waals surface area contributed by atoms with Gasteiger partial charge in [0.15, 0.2) is 0 Å². The van der Waals surface area contributed by atoms with Crippen LogP contribution in [0.3, 0.4) is 0 Å². The maximum Gasteiger partial charge on any atom is 0.294 e. The summed E-state index contributed by atoms with van der Waals surface area (Å²) in [6, 6.07) is 17.9. The summed E-state index contributed by atoms with van der Waals surface area (Å²) in [6.45, 7) is 4.16. The number of hydrogen-bond donors (Lipinski definition) is 3. The second kappa shape index (κ2) is 7.86. The van der Waals surface area contributed by atoms with Gasteiger partial charge in [-0.3, -0.25) is 4.55 Å². The number of methoxy groups -OCH3 is 1. The number of aromatic nitrogens is 2. The number of H-pyrrole nitrogens is 1. The molecule has 5 aromatic rings. The Labute approximate surface area is 196 Å². The first-order valence-corrected chi connectivity index (χ1v) is 12.0. The smallest absolute Gasteiger partial charge is 0.294 e. The predicted octanol–water partition coefficient (Wildman–Crippen LogP) is 5.63. The molecule has 0 bridgehead atoms. The maximum absolute atomic E-state index is 11.5. The van der Waals surface area contributed by atoms with Crippen LogP contribution in [0.2, 0.25) is 0 Å². The average molecular weight is 475 g/mol. The van der Waals surface area contributed by atoms with Gasteiger partial charge in [-0.1, -0.05) is 30.3 Å². The molecule has 0 saturated heterocycles. The number of nitrogens with zero attached hydrogens (tertiary/aromatic N) is 1. The second-order valence-electron chi connectivity index (χ2n) is 8.28. The van der Waals surface area contributed by atoms with Crippen molar-refractivity contribution in [1.29, 1.82) is 0 Å². The van der Waals surface area contributed by atoms with Crippen molar-refractivity contribution in [3.63, 3.8) is 0 Å². The zero-order chi connectivity index (χ0) is 24.2. The largest absolute Gasteiger partial charge is 0.507 e. The van der Waals surface area contributed by atoms with Crippen LogP contribution >= 0.6 is 0 Å². The molecule has 0 aliphatic heterocycles. The molecule has 0 spiro atoms. The van der Waals surface area contributed by atoms with Crippen LogP contribution in [0.25, 0.3) is 44.3 Å². The molecular formula is C26H22N2O5S. The van der Waals surface area contributed by atoms with Crippen LogP contribution in [-0.2, 0) is 10.1 Å². The van der Waals surface area contributed by atoms with Crippen LogP contribution < -0.4 is 4.74 Å². The number of hydrogen-bond acceptors (Lipinski definition) is 5. The van der Waals surface area contributed by atoms with Crippen LogP contribution in [-0.4, -0.2) is 35.2 Å². The van der Waals surface area contributed by atoms with Crippen LogP contribution in [0.15, 0.2) is 65.6 Å². The number of fused-ring (bicyclic) bond motifs is 3. The first kappa shape index (κ1) is 21.9. The summed E-state index contributed by atoms with van der Waals surface area (Å²) in [5.74, 6) is 0.895. The third-order valence-electron chi connectivity index (χ3n) is 6.11. The number of aryl methyl sites for hydroxylation is 2. The monoisotopic (exact) mass is 474 g/mol. The molecule has 0 atom stereocenters. The number of ether oxygens (including phenoxy) is 1. The highest BCUT2D eigenvalue weighted by molar-refractivity contribution is 7.85. The van der Waals surface area contributed by atoms with E-state index >= 15 is 0 Å². The van der Waals surface area contributed by atoms with Crippen LogP contribution in [0.5, 0.6) is 11.5 Å². The highest BCUT2D eigenvalue weighted by Gasteiger charge is 2.18. The number of phenolic OH excluding ortho intramolecular Hbond substituents is 1. The molecule has 7 nitrogen and oxygen atoms in total. The van der Waals surface area contributed by atoms with Crippen molar-refractivity contribution in [2.45, 2.75) is 18.7 Å². The zero-order valence-electron chi connectivity index (χ0n) is 18.7. The molecule has 4 aromatic carbocycles. The van der Waals surface area contributed by atoms with Gasteiger partial charge in [-0.15, -0.1) is 0 Å². The SMILES string of the molecule is COc1cc(-c2ccc(C)c(C)c2)ccc1-c1nc2c(ccc3cc(S(=O)(=O)O)cc(O)c32)[nH]1. The van der Waals surface area contributed by atoms with Gasteiger partial charge in [0.25, 0.3) is 10.1 Å². The lowest BCUT2D eigenvalue weighted by Crippen LogP contribution is -1.97. The Hall–Kier alpha value is -3.88. The van der Waals surface area contributed by atoms with Gasteiger partial charge in [-0.25, -0.2) is 4.98 Å².